The Morgan fingerprint density at radius 3 is 2.37 bits per heavy atom. The van der Waals surface area contributed by atoms with Crippen LogP contribution in [-0.2, 0) is 9.53 Å². The number of Topliss-reactive ketones (excluding diaryl/α,β-unsaturated/α-hetero) is 1. The van der Waals surface area contributed by atoms with E-state index in [1.54, 1.807) is 7.11 Å². The molecule has 0 aliphatic heterocycles. The molecular formula is C15H20N2O2. The van der Waals surface area contributed by atoms with Crippen LogP contribution in [0.5, 0.6) is 0 Å². The van der Waals surface area contributed by atoms with Gasteiger partial charge in [0.2, 0.25) is 5.78 Å². The molecule has 2 rings (SSSR count). The lowest BCUT2D eigenvalue weighted by Gasteiger charge is -2.45. The predicted octanol–water partition coefficient (Wildman–Crippen LogP) is 1.15. The van der Waals surface area contributed by atoms with Crippen molar-refractivity contribution in [2.75, 3.05) is 34.8 Å². The molecule has 0 heterocycles. The summed E-state index contributed by atoms with van der Waals surface area (Å²) in [6.07, 6.45) is 0. The highest BCUT2D eigenvalue weighted by atomic mass is 16.5. The summed E-state index contributed by atoms with van der Waals surface area (Å²) in [5.74, 6) is 0.0410. The van der Waals surface area contributed by atoms with E-state index >= 15 is 0 Å². The van der Waals surface area contributed by atoms with Crippen LogP contribution in [0.25, 0.3) is 5.57 Å². The number of carbonyl (C=O) groups excluding carboxylic acids is 1. The number of nitrogens with one attached hydrogen (secondary N) is 1. The standard InChI is InChI=1S/C15H20N2O2/c1-16-10-15(19-4)13(17(2)3)12(14(15)18)11-8-6-5-7-9-11/h5-9,16H,10H2,1-4H3. The first-order valence-corrected chi connectivity index (χ1v) is 6.30. The quantitative estimate of drug-likeness (QED) is 0.862. The van der Waals surface area contributed by atoms with Gasteiger partial charge in [-0.25, -0.2) is 0 Å². The maximum Gasteiger partial charge on any atom is 0.204 e. The minimum Gasteiger partial charge on any atom is -0.378 e. The SMILES string of the molecule is CNCC1(OC)C(=O)C(c2ccccc2)=C1N(C)C. The fourth-order valence-corrected chi connectivity index (χ4v) is 2.69. The number of carbonyl (C=O) groups is 1. The second-order valence-electron chi connectivity index (χ2n) is 4.87. The Hall–Kier alpha value is -1.65. The number of benzene rings is 1. The summed E-state index contributed by atoms with van der Waals surface area (Å²) in [4.78, 5) is 14.5. The lowest BCUT2D eigenvalue weighted by Crippen LogP contribution is -2.60. The third-order valence-electron chi connectivity index (χ3n) is 3.50. The van der Waals surface area contributed by atoms with Crippen LogP contribution in [0.1, 0.15) is 5.56 Å². The molecule has 1 aromatic carbocycles. The van der Waals surface area contributed by atoms with Crippen LogP contribution in [0.2, 0.25) is 0 Å². The Labute approximate surface area is 114 Å². The van der Waals surface area contributed by atoms with Gasteiger partial charge in [0, 0.05) is 27.7 Å². The molecule has 0 saturated carbocycles. The van der Waals surface area contributed by atoms with Gasteiger partial charge in [-0.2, -0.15) is 0 Å². The monoisotopic (exact) mass is 260 g/mol. The van der Waals surface area contributed by atoms with Crippen molar-refractivity contribution in [2.45, 2.75) is 5.60 Å². The van der Waals surface area contributed by atoms with E-state index in [0.29, 0.717) is 6.54 Å². The number of hydrogen-bond donors (Lipinski definition) is 1. The Balaban J connectivity index is 2.55. The van der Waals surface area contributed by atoms with E-state index in [0.717, 1.165) is 16.8 Å². The zero-order valence-electron chi connectivity index (χ0n) is 11.9. The largest absolute Gasteiger partial charge is 0.378 e. The molecule has 1 aliphatic rings. The molecule has 4 heteroatoms. The number of ketones is 1. The van der Waals surface area contributed by atoms with Crippen LogP contribution in [0.3, 0.4) is 0 Å². The summed E-state index contributed by atoms with van der Waals surface area (Å²) in [5, 5.41) is 3.04. The summed E-state index contributed by atoms with van der Waals surface area (Å²) in [5.41, 5.74) is 1.77. The van der Waals surface area contributed by atoms with Gasteiger partial charge in [-0.15, -0.1) is 0 Å². The van der Waals surface area contributed by atoms with E-state index < -0.39 is 5.60 Å². The lowest BCUT2D eigenvalue weighted by atomic mass is 9.72. The maximum atomic E-state index is 12.6. The van der Waals surface area contributed by atoms with Gasteiger partial charge < -0.3 is 15.0 Å². The van der Waals surface area contributed by atoms with Crippen LogP contribution in [0.4, 0.5) is 0 Å². The molecule has 0 saturated heterocycles. The van der Waals surface area contributed by atoms with E-state index in [-0.39, 0.29) is 5.78 Å². The van der Waals surface area contributed by atoms with Gasteiger partial charge in [-0.1, -0.05) is 30.3 Å². The van der Waals surface area contributed by atoms with Gasteiger partial charge in [-0.05, 0) is 12.6 Å². The third kappa shape index (κ3) is 1.97. The van der Waals surface area contributed by atoms with Crippen molar-refractivity contribution in [1.82, 2.24) is 10.2 Å². The van der Waals surface area contributed by atoms with E-state index in [4.69, 9.17) is 4.74 Å². The van der Waals surface area contributed by atoms with Crippen molar-refractivity contribution in [2.24, 2.45) is 0 Å². The van der Waals surface area contributed by atoms with Crippen LogP contribution in [0.15, 0.2) is 36.0 Å². The summed E-state index contributed by atoms with van der Waals surface area (Å²) >= 11 is 0. The molecule has 1 N–H and O–H groups in total. The molecule has 19 heavy (non-hydrogen) atoms. The Kier molecular flexibility index (Phi) is 3.73. The van der Waals surface area contributed by atoms with E-state index in [1.165, 1.54) is 0 Å². The molecular weight excluding hydrogens is 240 g/mol. The van der Waals surface area contributed by atoms with Gasteiger partial charge in [0.25, 0.3) is 0 Å². The zero-order chi connectivity index (χ0) is 14.0. The normalized spacial score (nSPS) is 22.4. The fourth-order valence-electron chi connectivity index (χ4n) is 2.69. The van der Waals surface area contributed by atoms with Gasteiger partial charge in [-0.3, -0.25) is 4.79 Å². The molecule has 102 valence electrons. The predicted molar refractivity (Wildman–Crippen MR) is 75.7 cm³/mol. The van der Waals surface area contributed by atoms with E-state index in [1.807, 2.05) is 56.4 Å². The minimum absolute atomic E-state index is 0.0410. The van der Waals surface area contributed by atoms with Crippen LogP contribution in [-0.4, -0.2) is 51.1 Å². The summed E-state index contributed by atoms with van der Waals surface area (Å²) < 4.78 is 5.54. The lowest BCUT2D eigenvalue weighted by molar-refractivity contribution is -0.135. The molecule has 0 amide bonds. The summed E-state index contributed by atoms with van der Waals surface area (Å²) in [7, 11) is 7.28. The molecule has 0 radical (unpaired) electrons. The zero-order valence-corrected chi connectivity index (χ0v) is 11.9. The number of rotatable bonds is 5. The topological polar surface area (TPSA) is 41.6 Å². The number of ether oxygens (including phenoxy) is 1. The van der Waals surface area contributed by atoms with E-state index in [2.05, 4.69) is 5.32 Å². The first kappa shape index (κ1) is 13.8. The van der Waals surface area contributed by atoms with Crippen molar-refractivity contribution >= 4 is 11.4 Å². The average Bonchev–Trinajstić information content (AvgIpc) is 2.42. The molecule has 1 atom stereocenters. The van der Waals surface area contributed by atoms with Crippen LogP contribution in [0, 0.1) is 0 Å². The highest BCUT2D eigenvalue weighted by Crippen LogP contribution is 2.43. The smallest absolute Gasteiger partial charge is 0.204 e. The highest BCUT2D eigenvalue weighted by molar-refractivity contribution is 6.34. The molecule has 1 unspecified atom stereocenters. The Morgan fingerprint density at radius 2 is 1.89 bits per heavy atom. The van der Waals surface area contributed by atoms with Crippen LogP contribution >= 0.6 is 0 Å². The molecule has 0 fully saturated rings. The van der Waals surface area contributed by atoms with Gasteiger partial charge in [0.05, 0.1) is 11.3 Å². The first-order chi connectivity index (χ1) is 9.08. The number of likely N-dealkylation sites (N-methyl/N-ethyl adjacent to an activating group) is 2. The third-order valence-corrected chi connectivity index (χ3v) is 3.50. The maximum absolute atomic E-state index is 12.6. The van der Waals surface area contributed by atoms with Crippen molar-refractivity contribution in [3.63, 3.8) is 0 Å². The average molecular weight is 260 g/mol. The first-order valence-electron chi connectivity index (χ1n) is 6.30. The molecule has 1 aliphatic carbocycles. The summed E-state index contributed by atoms with van der Waals surface area (Å²) in [6.45, 7) is 0.478. The van der Waals surface area contributed by atoms with Gasteiger partial charge in [0.1, 0.15) is 0 Å². The summed E-state index contributed by atoms with van der Waals surface area (Å²) in [6, 6.07) is 9.73. The van der Waals surface area contributed by atoms with Gasteiger partial charge in [0.15, 0.2) is 5.60 Å². The number of nitrogens with zero attached hydrogens (tertiary/aromatic N) is 1. The molecule has 4 nitrogen and oxygen atoms in total. The van der Waals surface area contributed by atoms with Gasteiger partial charge >= 0.3 is 0 Å². The Morgan fingerprint density at radius 1 is 1.26 bits per heavy atom. The van der Waals surface area contributed by atoms with Crippen molar-refractivity contribution in [1.29, 1.82) is 0 Å². The number of methoxy groups -OCH3 is 1. The number of hydrogen-bond acceptors (Lipinski definition) is 4. The van der Waals surface area contributed by atoms with Crippen molar-refractivity contribution in [3.8, 4) is 0 Å². The van der Waals surface area contributed by atoms with Crippen molar-refractivity contribution in [3.05, 3.63) is 41.6 Å². The van der Waals surface area contributed by atoms with Crippen LogP contribution < -0.4 is 5.32 Å². The second-order valence-corrected chi connectivity index (χ2v) is 4.87. The Bertz CT molecular complexity index is 508. The van der Waals surface area contributed by atoms with E-state index in [9.17, 15) is 4.79 Å². The minimum atomic E-state index is -0.858. The second kappa shape index (κ2) is 5.15. The highest BCUT2D eigenvalue weighted by Gasteiger charge is 2.55. The van der Waals surface area contributed by atoms with Crippen molar-refractivity contribution < 1.29 is 9.53 Å². The fraction of sp³-hybridized carbons (Fsp3) is 0.400. The molecule has 1 aromatic rings. The molecule has 0 bridgehead atoms. The molecule has 0 spiro atoms. The molecule has 0 aromatic heterocycles.